The van der Waals surface area contributed by atoms with Gasteiger partial charge < -0.3 is 15.3 Å². The number of carboxylic acid groups (broad SMARTS) is 1. The summed E-state index contributed by atoms with van der Waals surface area (Å²) in [5.41, 5.74) is 0.340. The van der Waals surface area contributed by atoms with E-state index in [-0.39, 0.29) is 11.1 Å². The minimum Gasteiger partial charge on any atom is -0.481 e. The van der Waals surface area contributed by atoms with Crippen molar-refractivity contribution >= 4 is 17.7 Å². The molecule has 5 nitrogen and oxygen atoms in total. The Bertz CT molecular complexity index is 813. The van der Waals surface area contributed by atoms with Crippen LogP contribution in [0.1, 0.15) is 12.8 Å². The predicted molar refractivity (Wildman–Crippen MR) is 92.7 cm³/mol. The number of rotatable bonds is 3. The second-order valence-electron chi connectivity index (χ2n) is 6.17. The van der Waals surface area contributed by atoms with Crippen LogP contribution in [-0.2, 0) is 4.79 Å². The summed E-state index contributed by atoms with van der Waals surface area (Å²) >= 11 is 0. The molecule has 0 unspecified atom stereocenters. The number of carbonyl (C=O) groups is 2. The monoisotopic (exact) mass is 360 g/mol. The van der Waals surface area contributed by atoms with Crippen molar-refractivity contribution in [2.75, 3.05) is 18.4 Å². The highest BCUT2D eigenvalue weighted by molar-refractivity contribution is 5.94. The first kappa shape index (κ1) is 17.8. The quantitative estimate of drug-likeness (QED) is 0.870. The average Bonchev–Trinajstić information content (AvgIpc) is 2.63. The van der Waals surface area contributed by atoms with Crippen LogP contribution in [0.15, 0.2) is 42.5 Å². The number of hydrogen-bond acceptors (Lipinski definition) is 2. The van der Waals surface area contributed by atoms with E-state index < -0.39 is 29.6 Å². The molecule has 1 aliphatic rings. The highest BCUT2D eigenvalue weighted by atomic mass is 19.1. The molecule has 0 aromatic heterocycles. The largest absolute Gasteiger partial charge is 0.481 e. The Morgan fingerprint density at radius 1 is 1.00 bits per heavy atom. The van der Waals surface area contributed by atoms with Crippen LogP contribution >= 0.6 is 0 Å². The van der Waals surface area contributed by atoms with Crippen molar-refractivity contribution < 1.29 is 23.5 Å². The van der Waals surface area contributed by atoms with E-state index in [1.165, 1.54) is 17.0 Å². The number of anilines is 1. The Labute approximate surface area is 149 Å². The number of carboxylic acids is 1. The van der Waals surface area contributed by atoms with Crippen molar-refractivity contribution in [3.63, 3.8) is 0 Å². The lowest BCUT2D eigenvalue weighted by molar-refractivity contribution is -0.143. The maximum Gasteiger partial charge on any atom is 0.321 e. The second-order valence-corrected chi connectivity index (χ2v) is 6.17. The van der Waals surface area contributed by atoms with E-state index in [9.17, 15) is 18.4 Å². The van der Waals surface area contributed by atoms with Crippen LogP contribution in [0.25, 0.3) is 11.1 Å². The molecule has 1 heterocycles. The fraction of sp³-hybridized carbons (Fsp3) is 0.263. The molecule has 3 rings (SSSR count). The van der Waals surface area contributed by atoms with Crippen molar-refractivity contribution in [3.8, 4) is 11.1 Å². The first-order valence-electron chi connectivity index (χ1n) is 8.29. The fourth-order valence-electron chi connectivity index (χ4n) is 3.09. The van der Waals surface area contributed by atoms with Crippen LogP contribution in [0.3, 0.4) is 0 Å². The Morgan fingerprint density at radius 2 is 1.62 bits per heavy atom. The van der Waals surface area contributed by atoms with Crippen molar-refractivity contribution in [1.29, 1.82) is 0 Å². The van der Waals surface area contributed by atoms with Crippen molar-refractivity contribution in [3.05, 3.63) is 54.1 Å². The molecule has 0 aliphatic carbocycles. The summed E-state index contributed by atoms with van der Waals surface area (Å²) < 4.78 is 28.2. The summed E-state index contributed by atoms with van der Waals surface area (Å²) in [6, 6.07) is 9.59. The van der Waals surface area contributed by atoms with Crippen molar-refractivity contribution in [1.82, 2.24) is 4.90 Å². The number of halogens is 2. The molecule has 1 saturated heterocycles. The molecule has 0 radical (unpaired) electrons. The van der Waals surface area contributed by atoms with Gasteiger partial charge in [0.15, 0.2) is 0 Å². The first-order chi connectivity index (χ1) is 12.5. The fourth-order valence-corrected chi connectivity index (χ4v) is 3.09. The molecule has 2 amide bonds. The van der Waals surface area contributed by atoms with E-state index in [0.29, 0.717) is 31.6 Å². The van der Waals surface area contributed by atoms with Gasteiger partial charge in [-0.1, -0.05) is 24.3 Å². The number of nitrogens with one attached hydrogen (secondary N) is 1. The number of benzene rings is 2. The van der Waals surface area contributed by atoms with Gasteiger partial charge in [-0.05, 0) is 31.0 Å². The SMILES string of the molecule is O=C(O)C1CCN(C(=O)Nc2ccccc2-c2c(F)cccc2F)CC1. The van der Waals surface area contributed by atoms with Crippen LogP contribution in [0.4, 0.5) is 19.3 Å². The van der Waals surface area contributed by atoms with E-state index in [1.54, 1.807) is 18.2 Å². The maximum atomic E-state index is 14.1. The highest BCUT2D eigenvalue weighted by Crippen LogP contribution is 2.32. The van der Waals surface area contributed by atoms with Gasteiger partial charge in [0.1, 0.15) is 11.6 Å². The number of carbonyl (C=O) groups excluding carboxylic acids is 1. The molecule has 1 fully saturated rings. The number of urea groups is 1. The molecule has 1 aliphatic heterocycles. The second kappa shape index (κ2) is 7.51. The molecule has 7 heteroatoms. The molecule has 136 valence electrons. The summed E-state index contributed by atoms with van der Waals surface area (Å²) in [5, 5.41) is 11.7. The minimum absolute atomic E-state index is 0.201. The van der Waals surface area contributed by atoms with E-state index in [0.717, 1.165) is 12.1 Å². The minimum atomic E-state index is -0.856. The molecule has 0 spiro atoms. The number of likely N-dealkylation sites (tertiary alicyclic amines) is 1. The first-order valence-corrected chi connectivity index (χ1v) is 8.29. The lowest BCUT2D eigenvalue weighted by Crippen LogP contribution is -2.42. The van der Waals surface area contributed by atoms with Gasteiger partial charge in [-0.2, -0.15) is 0 Å². The smallest absolute Gasteiger partial charge is 0.321 e. The molecule has 2 aromatic carbocycles. The van der Waals surface area contributed by atoms with Gasteiger partial charge in [-0.3, -0.25) is 4.79 Å². The summed E-state index contributed by atoms with van der Waals surface area (Å²) in [6.45, 7) is 0.637. The Balaban J connectivity index is 1.79. The van der Waals surface area contributed by atoms with Crippen molar-refractivity contribution in [2.24, 2.45) is 5.92 Å². The molecule has 0 saturated carbocycles. The average molecular weight is 360 g/mol. The summed E-state index contributed by atoms with van der Waals surface area (Å²) in [5.74, 6) is -2.73. The summed E-state index contributed by atoms with van der Waals surface area (Å²) in [6.07, 6.45) is 0.763. The van der Waals surface area contributed by atoms with Crippen LogP contribution in [0.2, 0.25) is 0 Å². The summed E-state index contributed by atoms with van der Waals surface area (Å²) in [7, 11) is 0. The zero-order valence-electron chi connectivity index (χ0n) is 13.9. The molecule has 0 bridgehead atoms. The number of hydrogen-bond donors (Lipinski definition) is 2. The van der Waals surface area contributed by atoms with E-state index >= 15 is 0 Å². The third kappa shape index (κ3) is 3.66. The summed E-state index contributed by atoms with van der Waals surface area (Å²) in [4.78, 5) is 25.0. The van der Waals surface area contributed by atoms with E-state index in [1.807, 2.05) is 0 Å². The van der Waals surface area contributed by atoms with Gasteiger partial charge in [-0.25, -0.2) is 13.6 Å². The van der Waals surface area contributed by atoms with Crippen LogP contribution in [-0.4, -0.2) is 35.1 Å². The molecular formula is C19H18F2N2O3. The van der Waals surface area contributed by atoms with Gasteiger partial charge in [0, 0.05) is 18.7 Å². The molecule has 26 heavy (non-hydrogen) atoms. The van der Waals surface area contributed by atoms with Crippen LogP contribution in [0, 0.1) is 17.6 Å². The number of para-hydroxylation sites is 1. The lowest BCUT2D eigenvalue weighted by atomic mass is 9.97. The third-order valence-electron chi connectivity index (χ3n) is 4.53. The highest BCUT2D eigenvalue weighted by Gasteiger charge is 2.27. The normalized spacial score (nSPS) is 14.9. The maximum absolute atomic E-state index is 14.1. The van der Waals surface area contributed by atoms with Gasteiger partial charge in [-0.15, -0.1) is 0 Å². The van der Waals surface area contributed by atoms with Gasteiger partial charge >= 0.3 is 12.0 Å². The van der Waals surface area contributed by atoms with Gasteiger partial charge in [0.05, 0.1) is 17.2 Å². The van der Waals surface area contributed by atoms with Crippen molar-refractivity contribution in [2.45, 2.75) is 12.8 Å². The molecule has 0 atom stereocenters. The number of amides is 2. The Kier molecular flexibility index (Phi) is 5.16. The molecular weight excluding hydrogens is 342 g/mol. The molecule has 2 aromatic rings. The zero-order chi connectivity index (χ0) is 18.7. The standard InChI is InChI=1S/C19H18F2N2O3/c20-14-5-3-6-15(21)17(14)13-4-1-2-7-16(13)22-19(26)23-10-8-12(9-11-23)18(24)25/h1-7,12H,8-11H2,(H,22,26)(H,24,25). The molecule has 2 N–H and O–H groups in total. The Hall–Kier alpha value is -2.96. The predicted octanol–water partition coefficient (Wildman–Crippen LogP) is 3.96. The lowest BCUT2D eigenvalue weighted by Gasteiger charge is -2.30. The van der Waals surface area contributed by atoms with E-state index in [2.05, 4.69) is 5.32 Å². The van der Waals surface area contributed by atoms with Crippen LogP contribution in [0.5, 0.6) is 0 Å². The number of nitrogens with zero attached hydrogens (tertiary/aromatic N) is 1. The third-order valence-corrected chi connectivity index (χ3v) is 4.53. The number of aliphatic carboxylic acids is 1. The van der Waals surface area contributed by atoms with Gasteiger partial charge in [0.25, 0.3) is 0 Å². The van der Waals surface area contributed by atoms with E-state index in [4.69, 9.17) is 5.11 Å². The van der Waals surface area contributed by atoms with Gasteiger partial charge in [0.2, 0.25) is 0 Å². The topological polar surface area (TPSA) is 69.6 Å². The zero-order valence-corrected chi connectivity index (χ0v) is 13.9. The Morgan fingerprint density at radius 3 is 2.23 bits per heavy atom. The number of piperidine rings is 1. The van der Waals surface area contributed by atoms with Crippen LogP contribution < -0.4 is 5.32 Å².